The topological polar surface area (TPSA) is 43.4 Å². The number of fused-ring (bicyclic) bond motifs is 1. The van der Waals surface area contributed by atoms with Crippen LogP contribution in [0, 0.1) is 17.3 Å². The van der Waals surface area contributed by atoms with Crippen LogP contribution in [0.5, 0.6) is 0 Å². The summed E-state index contributed by atoms with van der Waals surface area (Å²) < 4.78 is 4.74. The van der Waals surface area contributed by atoms with Crippen molar-refractivity contribution in [3.8, 4) is 0 Å². The molecular formula is C11H14O3. The van der Waals surface area contributed by atoms with Gasteiger partial charge in [-0.1, -0.05) is 26.0 Å². The first kappa shape index (κ1) is 9.44. The van der Waals surface area contributed by atoms with Crippen LogP contribution in [0.2, 0.25) is 0 Å². The summed E-state index contributed by atoms with van der Waals surface area (Å²) in [5, 5.41) is 0. The predicted octanol–water partition coefficient (Wildman–Crippen LogP) is 1.68. The highest BCUT2D eigenvalue weighted by atomic mass is 16.6. The van der Waals surface area contributed by atoms with Crippen LogP contribution in [-0.2, 0) is 14.3 Å². The molecule has 1 aliphatic carbocycles. The van der Waals surface area contributed by atoms with Crippen LogP contribution in [-0.4, -0.2) is 11.9 Å². The second kappa shape index (κ2) is 2.94. The van der Waals surface area contributed by atoms with Crippen LogP contribution in [0.25, 0.3) is 0 Å². The monoisotopic (exact) mass is 194 g/mol. The van der Waals surface area contributed by atoms with Gasteiger partial charge in [0.1, 0.15) is 5.41 Å². The molecule has 0 bridgehead atoms. The van der Waals surface area contributed by atoms with Crippen molar-refractivity contribution in [2.45, 2.75) is 26.7 Å². The minimum Gasteiger partial charge on any atom is -0.392 e. The molecule has 2 aliphatic rings. The lowest BCUT2D eigenvalue weighted by molar-refractivity contribution is -0.155. The van der Waals surface area contributed by atoms with E-state index < -0.39 is 5.41 Å². The van der Waals surface area contributed by atoms with E-state index in [0.29, 0.717) is 0 Å². The molecule has 0 aromatic carbocycles. The van der Waals surface area contributed by atoms with E-state index in [4.69, 9.17) is 4.74 Å². The standard InChI is InChI=1S/C11H14O3/c1-7(2)11-6-4-3-5-8(11)9(12)14-10(11)13/h4,6-8H,3,5H2,1-2H3. The van der Waals surface area contributed by atoms with E-state index in [9.17, 15) is 9.59 Å². The fourth-order valence-corrected chi connectivity index (χ4v) is 2.50. The summed E-state index contributed by atoms with van der Waals surface area (Å²) in [6, 6.07) is 0. The molecule has 1 saturated heterocycles. The fraction of sp³-hybridized carbons (Fsp3) is 0.636. The summed E-state index contributed by atoms with van der Waals surface area (Å²) in [5.74, 6) is -0.838. The van der Waals surface area contributed by atoms with E-state index in [-0.39, 0.29) is 23.8 Å². The van der Waals surface area contributed by atoms with E-state index >= 15 is 0 Å². The maximum absolute atomic E-state index is 11.7. The molecule has 0 amide bonds. The molecule has 14 heavy (non-hydrogen) atoms. The zero-order valence-electron chi connectivity index (χ0n) is 8.45. The highest BCUT2D eigenvalue weighted by Gasteiger charge is 2.58. The van der Waals surface area contributed by atoms with Gasteiger partial charge in [-0.15, -0.1) is 0 Å². The van der Waals surface area contributed by atoms with Crippen molar-refractivity contribution >= 4 is 11.9 Å². The second-order valence-corrected chi connectivity index (χ2v) is 4.33. The van der Waals surface area contributed by atoms with Gasteiger partial charge in [0.15, 0.2) is 0 Å². The molecule has 1 heterocycles. The van der Waals surface area contributed by atoms with Crippen LogP contribution in [0.15, 0.2) is 12.2 Å². The first-order valence-electron chi connectivity index (χ1n) is 5.03. The van der Waals surface area contributed by atoms with E-state index in [1.54, 1.807) is 0 Å². The third kappa shape index (κ3) is 0.982. The zero-order chi connectivity index (χ0) is 10.3. The van der Waals surface area contributed by atoms with Gasteiger partial charge in [0.25, 0.3) is 0 Å². The molecule has 76 valence electrons. The Labute approximate surface area is 83.1 Å². The molecule has 0 spiro atoms. The van der Waals surface area contributed by atoms with E-state index in [2.05, 4.69) is 0 Å². The van der Waals surface area contributed by atoms with Crippen LogP contribution in [0.4, 0.5) is 0 Å². The molecule has 2 rings (SSSR count). The minimum absolute atomic E-state index is 0.114. The number of cyclic esters (lactones) is 2. The molecule has 2 atom stereocenters. The molecule has 0 saturated carbocycles. The van der Waals surface area contributed by atoms with Crippen LogP contribution in [0.3, 0.4) is 0 Å². The number of carbonyl (C=O) groups is 2. The maximum Gasteiger partial charge on any atom is 0.324 e. The van der Waals surface area contributed by atoms with Gasteiger partial charge in [0, 0.05) is 0 Å². The van der Waals surface area contributed by atoms with Crippen molar-refractivity contribution in [2.75, 3.05) is 0 Å². The Morgan fingerprint density at radius 1 is 1.50 bits per heavy atom. The Hall–Kier alpha value is -1.12. The number of carbonyl (C=O) groups excluding carboxylic acids is 2. The van der Waals surface area contributed by atoms with Crippen molar-refractivity contribution in [3.63, 3.8) is 0 Å². The minimum atomic E-state index is -0.671. The second-order valence-electron chi connectivity index (χ2n) is 4.33. The summed E-state index contributed by atoms with van der Waals surface area (Å²) in [6.45, 7) is 3.92. The van der Waals surface area contributed by atoms with Crippen LogP contribution in [0.1, 0.15) is 26.7 Å². The molecule has 0 radical (unpaired) electrons. The van der Waals surface area contributed by atoms with E-state index in [0.717, 1.165) is 12.8 Å². The van der Waals surface area contributed by atoms with Gasteiger partial charge in [-0.2, -0.15) is 0 Å². The zero-order valence-corrected chi connectivity index (χ0v) is 8.45. The van der Waals surface area contributed by atoms with Crippen molar-refractivity contribution in [2.24, 2.45) is 17.3 Å². The van der Waals surface area contributed by atoms with Gasteiger partial charge in [0.2, 0.25) is 0 Å². The Balaban J connectivity index is 2.49. The molecule has 0 N–H and O–H groups in total. The first-order valence-corrected chi connectivity index (χ1v) is 5.03. The van der Waals surface area contributed by atoms with Gasteiger partial charge < -0.3 is 4.74 Å². The number of allylic oxidation sites excluding steroid dienone is 1. The smallest absolute Gasteiger partial charge is 0.324 e. The number of ether oxygens (including phenoxy) is 1. The van der Waals surface area contributed by atoms with E-state index in [1.807, 2.05) is 26.0 Å². The lowest BCUT2D eigenvalue weighted by Gasteiger charge is -2.32. The highest BCUT2D eigenvalue weighted by molar-refractivity contribution is 6.00. The average molecular weight is 194 g/mol. The predicted molar refractivity (Wildman–Crippen MR) is 50.2 cm³/mol. The molecule has 0 aromatic rings. The Morgan fingerprint density at radius 3 is 2.79 bits per heavy atom. The molecular weight excluding hydrogens is 180 g/mol. The van der Waals surface area contributed by atoms with Crippen molar-refractivity contribution in [1.82, 2.24) is 0 Å². The van der Waals surface area contributed by atoms with Crippen molar-refractivity contribution in [3.05, 3.63) is 12.2 Å². The van der Waals surface area contributed by atoms with Crippen LogP contribution < -0.4 is 0 Å². The molecule has 1 fully saturated rings. The summed E-state index contributed by atoms with van der Waals surface area (Å²) in [5.41, 5.74) is -0.671. The van der Waals surface area contributed by atoms with Gasteiger partial charge in [-0.25, -0.2) is 0 Å². The van der Waals surface area contributed by atoms with Crippen molar-refractivity contribution in [1.29, 1.82) is 0 Å². The summed E-state index contributed by atoms with van der Waals surface area (Å²) in [7, 11) is 0. The van der Waals surface area contributed by atoms with Crippen molar-refractivity contribution < 1.29 is 14.3 Å². The average Bonchev–Trinajstić information content (AvgIpc) is 2.41. The maximum atomic E-state index is 11.7. The van der Waals surface area contributed by atoms with Crippen LogP contribution >= 0.6 is 0 Å². The Morgan fingerprint density at radius 2 is 2.21 bits per heavy atom. The first-order chi connectivity index (χ1) is 6.59. The number of hydrogen-bond acceptors (Lipinski definition) is 3. The number of esters is 2. The van der Waals surface area contributed by atoms with E-state index in [1.165, 1.54) is 0 Å². The van der Waals surface area contributed by atoms with Gasteiger partial charge in [-0.05, 0) is 18.8 Å². The summed E-state index contributed by atoms with van der Waals surface area (Å²) in [4.78, 5) is 23.1. The fourth-order valence-electron chi connectivity index (χ4n) is 2.50. The normalized spacial score (nSPS) is 36.1. The Kier molecular flexibility index (Phi) is 1.98. The summed E-state index contributed by atoms with van der Waals surface area (Å²) in [6.07, 6.45) is 5.45. The van der Waals surface area contributed by atoms with Gasteiger partial charge >= 0.3 is 11.9 Å². The highest BCUT2D eigenvalue weighted by Crippen LogP contribution is 2.48. The van der Waals surface area contributed by atoms with Gasteiger partial charge in [0.05, 0.1) is 5.92 Å². The molecule has 2 unspecified atom stereocenters. The molecule has 3 nitrogen and oxygen atoms in total. The Bertz CT molecular complexity index is 316. The van der Waals surface area contributed by atoms with Gasteiger partial charge in [-0.3, -0.25) is 9.59 Å². The molecule has 3 heteroatoms. The third-order valence-corrected chi connectivity index (χ3v) is 3.38. The number of hydrogen-bond donors (Lipinski definition) is 0. The third-order valence-electron chi connectivity index (χ3n) is 3.38. The quantitative estimate of drug-likeness (QED) is 0.362. The molecule has 1 aliphatic heterocycles. The SMILES string of the molecule is CC(C)C12C=CCCC1C(=O)OC2=O. The lowest BCUT2D eigenvalue weighted by atomic mass is 9.65. The largest absolute Gasteiger partial charge is 0.392 e. The lowest BCUT2D eigenvalue weighted by Crippen LogP contribution is -2.38. The summed E-state index contributed by atoms with van der Waals surface area (Å²) >= 11 is 0. The number of rotatable bonds is 1. The molecule has 0 aromatic heterocycles.